The SMILES string of the molecule is CN.NS(=O)c1cnn2c1OCCC2. The molecular weight excluding hydrogens is 204 g/mol. The van der Waals surface area contributed by atoms with E-state index < -0.39 is 11.0 Å². The molecule has 1 aliphatic heterocycles. The molecule has 0 bridgehead atoms. The highest BCUT2D eigenvalue weighted by Gasteiger charge is 2.18. The van der Waals surface area contributed by atoms with Gasteiger partial charge in [-0.2, -0.15) is 5.10 Å². The molecule has 2 rings (SSSR count). The first-order valence-corrected chi connectivity index (χ1v) is 5.43. The molecule has 0 fully saturated rings. The van der Waals surface area contributed by atoms with Gasteiger partial charge in [-0.3, -0.25) is 0 Å². The van der Waals surface area contributed by atoms with Crippen LogP contribution in [0.25, 0.3) is 0 Å². The summed E-state index contributed by atoms with van der Waals surface area (Å²) in [7, 11) is 0.00440. The van der Waals surface area contributed by atoms with E-state index in [1.807, 2.05) is 0 Å². The Morgan fingerprint density at radius 1 is 1.64 bits per heavy atom. The van der Waals surface area contributed by atoms with Crippen molar-refractivity contribution < 1.29 is 8.95 Å². The molecule has 4 N–H and O–H groups in total. The molecule has 0 radical (unpaired) electrons. The minimum atomic E-state index is -1.50. The van der Waals surface area contributed by atoms with Gasteiger partial charge in [0.15, 0.2) is 0 Å². The lowest BCUT2D eigenvalue weighted by Gasteiger charge is -2.14. The standard InChI is InChI=1S/C6H9N3O2S.CH5N/c7-12(10)5-4-8-9-2-1-3-11-6(5)9;1-2/h4H,1-3,7H2;2H2,1H3. The Labute approximate surface area is 84.8 Å². The molecule has 1 atom stereocenters. The zero-order chi connectivity index (χ0) is 10.6. The van der Waals surface area contributed by atoms with Crippen molar-refractivity contribution in [3.05, 3.63) is 6.20 Å². The summed E-state index contributed by atoms with van der Waals surface area (Å²) in [5, 5.41) is 9.22. The molecule has 1 unspecified atom stereocenters. The van der Waals surface area contributed by atoms with Gasteiger partial charge >= 0.3 is 0 Å². The van der Waals surface area contributed by atoms with Gasteiger partial charge < -0.3 is 10.5 Å². The summed E-state index contributed by atoms with van der Waals surface area (Å²) < 4.78 is 17.9. The van der Waals surface area contributed by atoms with Gasteiger partial charge in [0, 0.05) is 13.0 Å². The van der Waals surface area contributed by atoms with Crippen LogP contribution < -0.4 is 15.6 Å². The summed E-state index contributed by atoms with van der Waals surface area (Å²) in [6.07, 6.45) is 2.43. The molecule has 6 nitrogen and oxygen atoms in total. The number of nitrogens with two attached hydrogens (primary N) is 2. The van der Waals surface area contributed by atoms with Crippen molar-refractivity contribution in [2.75, 3.05) is 13.7 Å². The first-order valence-electron chi connectivity index (χ1n) is 4.21. The average molecular weight is 218 g/mol. The van der Waals surface area contributed by atoms with E-state index in [9.17, 15) is 4.21 Å². The fraction of sp³-hybridized carbons (Fsp3) is 0.571. The average Bonchev–Trinajstić information content (AvgIpc) is 2.64. The summed E-state index contributed by atoms with van der Waals surface area (Å²) in [6, 6.07) is 0. The fourth-order valence-electron chi connectivity index (χ4n) is 1.18. The van der Waals surface area contributed by atoms with E-state index in [0.29, 0.717) is 17.4 Å². The van der Waals surface area contributed by atoms with Crippen LogP contribution in [0.1, 0.15) is 6.42 Å². The van der Waals surface area contributed by atoms with Crippen LogP contribution in [0.4, 0.5) is 0 Å². The Morgan fingerprint density at radius 3 is 3.00 bits per heavy atom. The second-order valence-electron chi connectivity index (χ2n) is 2.54. The molecule has 1 aliphatic rings. The lowest BCUT2D eigenvalue weighted by atomic mass is 10.4. The number of rotatable bonds is 1. The fourth-order valence-corrected chi connectivity index (χ4v) is 1.67. The summed E-state index contributed by atoms with van der Waals surface area (Å²) >= 11 is 0. The van der Waals surface area contributed by atoms with Gasteiger partial charge in [-0.25, -0.2) is 14.0 Å². The number of fused-ring (bicyclic) bond motifs is 1. The molecular formula is C7H14N4O2S. The van der Waals surface area contributed by atoms with E-state index in [1.54, 1.807) is 4.68 Å². The minimum Gasteiger partial charge on any atom is -0.477 e. The minimum absolute atomic E-state index is 0.481. The Hall–Kier alpha value is -0.920. The van der Waals surface area contributed by atoms with Crippen molar-refractivity contribution in [1.29, 1.82) is 0 Å². The van der Waals surface area contributed by atoms with Crippen LogP contribution in [0.3, 0.4) is 0 Å². The molecule has 1 aromatic heterocycles. The van der Waals surface area contributed by atoms with Crippen LogP contribution in [-0.2, 0) is 17.5 Å². The lowest BCUT2D eigenvalue weighted by molar-refractivity contribution is 0.225. The van der Waals surface area contributed by atoms with Gasteiger partial charge in [-0.1, -0.05) is 0 Å². The molecule has 7 heteroatoms. The van der Waals surface area contributed by atoms with E-state index >= 15 is 0 Å². The van der Waals surface area contributed by atoms with Gasteiger partial charge in [0.1, 0.15) is 15.9 Å². The first-order chi connectivity index (χ1) is 6.79. The smallest absolute Gasteiger partial charge is 0.229 e. The van der Waals surface area contributed by atoms with Crippen LogP contribution in [0.5, 0.6) is 5.88 Å². The maximum Gasteiger partial charge on any atom is 0.229 e. The number of hydrogen-bond donors (Lipinski definition) is 2. The van der Waals surface area contributed by atoms with Crippen LogP contribution in [0.2, 0.25) is 0 Å². The van der Waals surface area contributed by atoms with Crippen LogP contribution in [0.15, 0.2) is 11.1 Å². The largest absolute Gasteiger partial charge is 0.477 e. The second-order valence-corrected chi connectivity index (χ2v) is 3.57. The molecule has 0 amide bonds. The van der Waals surface area contributed by atoms with Crippen LogP contribution in [-0.4, -0.2) is 27.6 Å². The molecule has 80 valence electrons. The van der Waals surface area contributed by atoms with Crippen molar-refractivity contribution in [2.24, 2.45) is 10.9 Å². The van der Waals surface area contributed by atoms with Gasteiger partial charge in [-0.15, -0.1) is 0 Å². The third-order valence-electron chi connectivity index (χ3n) is 1.73. The molecule has 2 heterocycles. The molecule has 0 spiro atoms. The van der Waals surface area contributed by atoms with Gasteiger partial charge in [0.05, 0.1) is 12.8 Å². The van der Waals surface area contributed by atoms with Crippen molar-refractivity contribution in [2.45, 2.75) is 17.9 Å². The Kier molecular flexibility index (Phi) is 4.05. The van der Waals surface area contributed by atoms with Crippen molar-refractivity contribution in [3.63, 3.8) is 0 Å². The molecule has 1 aromatic rings. The summed E-state index contributed by atoms with van der Waals surface area (Å²) in [5.74, 6) is 0.557. The Bertz CT molecular complexity index is 325. The highest BCUT2D eigenvalue weighted by atomic mass is 32.2. The Balaban J connectivity index is 0.000000461. The van der Waals surface area contributed by atoms with Crippen molar-refractivity contribution in [1.82, 2.24) is 9.78 Å². The van der Waals surface area contributed by atoms with E-state index in [1.165, 1.54) is 13.2 Å². The topological polar surface area (TPSA) is 96.2 Å². The van der Waals surface area contributed by atoms with Gasteiger partial charge in [0.25, 0.3) is 0 Å². The van der Waals surface area contributed by atoms with Gasteiger partial charge in [-0.05, 0) is 7.05 Å². The number of aromatic nitrogens is 2. The van der Waals surface area contributed by atoms with Crippen LogP contribution >= 0.6 is 0 Å². The molecule has 0 saturated heterocycles. The van der Waals surface area contributed by atoms with E-state index in [4.69, 9.17) is 9.88 Å². The monoisotopic (exact) mass is 218 g/mol. The van der Waals surface area contributed by atoms with E-state index in [-0.39, 0.29) is 0 Å². The normalized spacial score (nSPS) is 15.9. The molecule has 0 saturated carbocycles. The highest BCUT2D eigenvalue weighted by molar-refractivity contribution is 7.82. The predicted octanol–water partition coefficient (Wildman–Crippen LogP) is -0.778. The quantitative estimate of drug-likeness (QED) is 0.646. The van der Waals surface area contributed by atoms with Crippen LogP contribution in [0, 0.1) is 0 Å². The second kappa shape index (κ2) is 5.08. The summed E-state index contributed by atoms with van der Waals surface area (Å²) in [4.78, 5) is 0.481. The zero-order valence-corrected chi connectivity index (χ0v) is 8.79. The lowest BCUT2D eigenvalue weighted by Crippen LogP contribution is -2.16. The number of ether oxygens (including phenoxy) is 1. The maximum absolute atomic E-state index is 10.9. The van der Waals surface area contributed by atoms with Gasteiger partial charge in [0.2, 0.25) is 5.88 Å². The Morgan fingerprint density at radius 2 is 2.36 bits per heavy atom. The molecule has 0 aliphatic carbocycles. The zero-order valence-electron chi connectivity index (χ0n) is 7.97. The van der Waals surface area contributed by atoms with E-state index in [2.05, 4.69) is 10.8 Å². The summed E-state index contributed by atoms with van der Waals surface area (Å²) in [5.41, 5.74) is 4.50. The molecule has 14 heavy (non-hydrogen) atoms. The number of aryl methyl sites for hydroxylation is 1. The first kappa shape index (κ1) is 11.2. The molecule has 0 aromatic carbocycles. The number of nitrogens with zero attached hydrogens (tertiary/aromatic N) is 2. The maximum atomic E-state index is 10.9. The highest BCUT2D eigenvalue weighted by Crippen LogP contribution is 2.23. The number of hydrogen-bond acceptors (Lipinski definition) is 4. The van der Waals surface area contributed by atoms with E-state index in [0.717, 1.165) is 13.0 Å². The van der Waals surface area contributed by atoms with Crippen molar-refractivity contribution >= 4 is 11.0 Å². The summed E-state index contributed by atoms with van der Waals surface area (Å²) in [6.45, 7) is 1.46. The third kappa shape index (κ3) is 2.11. The van der Waals surface area contributed by atoms with Crippen molar-refractivity contribution in [3.8, 4) is 5.88 Å². The third-order valence-corrected chi connectivity index (χ3v) is 2.44. The predicted molar refractivity (Wildman–Crippen MR) is 53.0 cm³/mol.